The fraction of sp³-hybridized carbons (Fsp3) is 0.250. The van der Waals surface area contributed by atoms with Gasteiger partial charge in [-0.25, -0.2) is 4.98 Å². The Labute approximate surface area is 81.0 Å². The van der Waals surface area contributed by atoms with Crippen molar-refractivity contribution in [2.75, 3.05) is 7.05 Å². The highest BCUT2D eigenvalue weighted by Crippen LogP contribution is 2.02. The average Bonchev–Trinajstić information content (AvgIpc) is 2.72. The average molecular weight is 190 g/mol. The summed E-state index contributed by atoms with van der Waals surface area (Å²) in [6, 6.07) is 3.86. The zero-order chi connectivity index (χ0) is 9.80. The van der Waals surface area contributed by atoms with Crippen LogP contribution < -0.4 is 5.32 Å². The van der Waals surface area contributed by atoms with E-state index in [-0.39, 0.29) is 0 Å². The maximum absolute atomic E-state index is 4.22. The van der Waals surface area contributed by atoms with Crippen LogP contribution in [-0.4, -0.2) is 32.2 Å². The van der Waals surface area contributed by atoms with Crippen LogP contribution in [0.15, 0.2) is 24.7 Å². The van der Waals surface area contributed by atoms with Gasteiger partial charge in [-0.15, -0.1) is 5.10 Å². The Bertz CT molecular complexity index is 379. The molecular formula is C8H10N6. The Morgan fingerprint density at radius 3 is 2.93 bits per heavy atom. The van der Waals surface area contributed by atoms with Crippen LogP contribution in [0.2, 0.25) is 0 Å². The predicted octanol–water partition coefficient (Wildman–Crippen LogP) is -0.223. The summed E-state index contributed by atoms with van der Waals surface area (Å²) in [6.45, 7) is 0.808. The fourth-order valence-corrected chi connectivity index (χ4v) is 1.13. The minimum absolute atomic E-state index is 0.717. The van der Waals surface area contributed by atoms with Gasteiger partial charge in [0, 0.05) is 12.7 Å². The van der Waals surface area contributed by atoms with Crippen molar-refractivity contribution >= 4 is 0 Å². The third-order valence-corrected chi connectivity index (χ3v) is 1.77. The van der Waals surface area contributed by atoms with Crippen LogP contribution in [0, 0.1) is 0 Å². The van der Waals surface area contributed by atoms with Crippen LogP contribution in [0.4, 0.5) is 0 Å². The Hall–Kier alpha value is -1.82. The molecule has 0 bridgehead atoms. The van der Waals surface area contributed by atoms with E-state index in [1.165, 1.54) is 11.0 Å². The van der Waals surface area contributed by atoms with Crippen molar-refractivity contribution in [1.82, 2.24) is 30.5 Å². The van der Waals surface area contributed by atoms with Crippen LogP contribution in [0.5, 0.6) is 0 Å². The number of hydrogen-bond donors (Lipinski definition) is 1. The van der Waals surface area contributed by atoms with Crippen molar-refractivity contribution in [3.05, 3.63) is 30.2 Å². The van der Waals surface area contributed by atoms with E-state index in [1.54, 1.807) is 6.20 Å². The summed E-state index contributed by atoms with van der Waals surface area (Å²) in [6.07, 6.45) is 3.31. The van der Waals surface area contributed by atoms with Crippen LogP contribution >= 0.6 is 0 Å². The fourth-order valence-electron chi connectivity index (χ4n) is 1.13. The van der Waals surface area contributed by atoms with E-state index in [1.807, 2.05) is 19.2 Å². The Balaban J connectivity index is 2.22. The van der Waals surface area contributed by atoms with E-state index in [9.17, 15) is 0 Å². The highest BCUT2D eigenvalue weighted by Gasteiger charge is 1.98. The standard InChI is InChI=1S/C8H10N6/c1-9-4-7-2-3-8(10-5-7)14-6-11-12-13-14/h2-3,5-6,9H,4H2,1H3. The first-order chi connectivity index (χ1) is 6.90. The van der Waals surface area contributed by atoms with Gasteiger partial charge in [0.1, 0.15) is 6.33 Å². The number of tetrazole rings is 1. The topological polar surface area (TPSA) is 68.5 Å². The number of hydrogen-bond acceptors (Lipinski definition) is 5. The number of rotatable bonds is 3. The third kappa shape index (κ3) is 1.74. The Morgan fingerprint density at radius 1 is 1.43 bits per heavy atom. The van der Waals surface area contributed by atoms with Gasteiger partial charge in [-0.1, -0.05) is 6.07 Å². The minimum Gasteiger partial charge on any atom is -0.316 e. The molecule has 0 saturated heterocycles. The van der Waals surface area contributed by atoms with E-state index >= 15 is 0 Å². The molecule has 6 nitrogen and oxygen atoms in total. The zero-order valence-corrected chi connectivity index (χ0v) is 7.75. The van der Waals surface area contributed by atoms with Gasteiger partial charge in [-0.05, 0) is 29.1 Å². The molecule has 2 heterocycles. The molecule has 14 heavy (non-hydrogen) atoms. The second kappa shape index (κ2) is 3.93. The van der Waals surface area contributed by atoms with Gasteiger partial charge in [-0.3, -0.25) is 0 Å². The lowest BCUT2D eigenvalue weighted by Gasteiger charge is -2.00. The van der Waals surface area contributed by atoms with Crippen LogP contribution in [0.25, 0.3) is 5.82 Å². The molecule has 1 N–H and O–H groups in total. The lowest BCUT2D eigenvalue weighted by Crippen LogP contribution is -2.06. The summed E-state index contributed by atoms with van der Waals surface area (Å²) in [4.78, 5) is 4.22. The van der Waals surface area contributed by atoms with Gasteiger partial charge in [0.05, 0.1) is 0 Å². The highest BCUT2D eigenvalue weighted by atomic mass is 15.5. The van der Waals surface area contributed by atoms with Crippen molar-refractivity contribution in [3.63, 3.8) is 0 Å². The summed E-state index contributed by atoms with van der Waals surface area (Å²) in [7, 11) is 1.90. The van der Waals surface area contributed by atoms with E-state index in [0.29, 0.717) is 0 Å². The van der Waals surface area contributed by atoms with Crippen LogP contribution in [-0.2, 0) is 6.54 Å². The van der Waals surface area contributed by atoms with Gasteiger partial charge in [0.25, 0.3) is 0 Å². The molecule has 2 aromatic heterocycles. The zero-order valence-electron chi connectivity index (χ0n) is 7.75. The summed E-state index contributed by atoms with van der Waals surface area (Å²) < 4.78 is 1.52. The molecule has 0 aliphatic rings. The van der Waals surface area contributed by atoms with Crippen molar-refractivity contribution in [2.24, 2.45) is 0 Å². The van der Waals surface area contributed by atoms with Crippen molar-refractivity contribution in [2.45, 2.75) is 6.54 Å². The molecule has 0 saturated carbocycles. The van der Waals surface area contributed by atoms with Crippen molar-refractivity contribution in [3.8, 4) is 5.82 Å². The molecule has 0 spiro atoms. The first kappa shape index (κ1) is 8.76. The maximum Gasteiger partial charge on any atom is 0.156 e. The monoisotopic (exact) mass is 190 g/mol. The van der Waals surface area contributed by atoms with Gasteiger partial charge >= 0.3 is 0 Å². The van der Waals surface area contributed by atoms with Crippen LogP contribution in [0.3, 0.4) is 0 Å². The first-order valence-electron chi connectivity index (χ1n) is 4.23. The Kier molecular flexibility index (Phi) is 2.46. The molecule has 0 atom stereocenters. The van der Waals surface area contributed by atoms with E-state index in [0.717, 1.165) is 17.9 Å². The van der Waals surface area contributed by atoms with E-state index in [2.05, 4.69) is 25.8 Å². The lowest BCUT2D eigenvalue weighted by atomic mass is 10.3. The molecule has 0 fully saturated rings. The quantitative estimate of drug-likeness (QED) is 0.724. The van der Waals surface area contributed by atoms with Gasteiger partial charge in [-0.2, -0.15) is 4.68 Å². The summed E-state index contributed by atoms with van der Waals surface area (Å²) in [5.74, 6) is 0.717. The summed E-state index contributed by atoms with van der Waals surface area (Å²) in [5, 5.41) is 13.9. The number of pyridine rings is 1. The second-order valence-electron chi connectivity index (χ2n) is 2.81. The molecule has 0 aliphatic heterocycles. The van der Waals surface area contributed by atoms with Crippen LogP contribution in [0.1, 0.15) is 5.56 Å². The molecular weight excluding hydrogens is 180 g/mol. The van der Waals surface area contributed by atoms with E-state index in [4.69, 9.17) is 0 Å². The third-order valence-electron chi connectivity index (χ3n) is 1.77. The van der Waals surface area contributed by atoms with Gasteiger partial charge in [0.2, 0.25) is 0 Å². The first-order valence-corrected chi connectivity index (χ1v) is 4.23. The Morgan fingerprint density at radius 2 is 2.36 bits per heavy atom. The molecule has 0 aromatic carbocycles. The normalized spacial score (nSPS) is 10.4. The van der Waals surface area contributed by atoms with E-state index < -0.39 is 0 Å². The van der Waals surface area contributed by atoms with Gasteiger partial charge < -0.3 is 5.32 Å². The number of nitrogens with one attached hydrogen (secondary N) is 1. The second-order valence-corrected chi connectivity index (χ2v) is 2.81. The molecule has 6 heteroatoms. The van der Waals surface area contributed by atoms with Gasteiger partial charge in [0.15, 0.2) is 5.82 Å². The molecule has 2 aromatic rings. The smallest absolute Gasteiger partial charge is 0.156 e. The molecule has 0 unspecified atom stereocenters. The van der Waals surface area contributed by atoms with Crippen molar-refractivity contribution < 1.29 is 0 Å². The predicted molar refractivity (Wildman–Crippen MR) is 49.7 cm³/mol. The molecule has 0 aliphatic carbocycles. The van der Waals surface area contributed by atoms with Crippen molar-refractivity contribution in [1.29, 1.82) is 0 Å². The summed E-state index contributed by atoms with van der Waals surface area (Å²) in [5.41, 5.74) is 1.13. The number of nitrogens with zero attached hydrogens (tertiary/aromatic N) is 5. The SMILES string of the molecule is CNCc1ccc(-n2cnnn2)nc1. The molecule has 72 valence electrons. The minimum atomic E-state index is 0.717. The molecule has 2 rings (SSSR count). The highest BCUT2D eigenvalue weighted by molar-refractivity contribution is 5.23. The largest absolute Gasteiger partial charge is 0.316 e. The maximum atomic E-state index is 4.22. The lowest BCUT2D eigenvalue weighted by molar-refractivity contribution is 0.764. The molecule has 0 amide bonds. The summed E-state index contributed by atoms with van der Waals surface area (Å²) >= 11 is 0. The molecule has 0 radical (unpaired) electrons. The number of aromatic nitrogens is 5.